The average Bonchev–Trinajstić information content (AvgIpc) is 2.35. The van der Waals surface area contributed by atoms with Crippen LogP contribution >= 0.6 is 0 Å². The Kier molecular flexibility index (Phi) is 6.55. The first-order valence-electron chi connectivity index (χ1n) is 6.77. The van der Waals surface area contributed by atoms with Gasteiger partial charge in [0.15, 0.2) is 0 Å². The molecule has 0 unspecified atom stereocenters. The summed E-state index contributed by atoms with van der Waals surface area (Å²) in [6, 6.07) is 0. The molecule has 0 aromatic rings. The Hall–Kier alpha value is -0.170. The van der Waals surface area contributed by atoms with Gasteiger partial charge in [-0.25, -0.2) is 4.72 Å². The third kappa shape index (κ3) is 5.22. The molecule has 0 aliphatic heterocycles. The number of hydrogen-bond acceptors (Lipinski definition) is 3. The Morgan fingerprint density at radius 2 is 1.89 bits per heavy atom. The Bertz CT molecular complexity index is 324. The van der Waals surface area contributed by atoms with Gasteiger partial charge in [-0.2, -0.15) is 12.7 Å². The zero-order valence-electron chi connectivity index (χ0n) is 11.4. The van der Waals surface area contributed by atoms with Gasteiger partial charge in [-0.05, 0) is 31.1 Å². The fraction of sp³-hybridized carbons (Fsp3) is 1.00. The summed E-state index contributed by atoms with van der Waals surface area (Å²) in [6.07, 6.45) is 5.10. The van der Waals surface area contributed by atoms with E-state index in [0.717, 1.165) is 18.8 Å². The number of aliphatic hydroxyl groups excluding tert-OH is 1. The van der Waals surface area contributed by atoms with Gasteiger partial charge in [-0.1, -0.05) is 19.8 Å². The standard InChI is InChI=1S/C12H26N2O3S/c1-11-4-6-12(7-5-11)10-13-18(16,17)14(2)8-3-9-15/h11-13,15H,3-10H2,1-2H3. The molecule has 0 saturated heterocycles. The zero-order chi connectivity index (χ0) is 13.6. The molecule has 6 heteroatoms. The molecular formula is C12H26N2O3S. The van der Waals surface area contributed by atoms with E-state index in [1.807, 2.05) is 0 Å². The molecule has 0 amide bonds. The van der Waals surface area contributed by atoms with Crippen LogP contribution in [0.5, 0.6) is 0 Å². The lowest BCUT2D eigenvalue weighted by molar-refractivity contribution is 0.273. The van der Waals surface area contributed by atoms with Gasteiger partial charge in [0.25, 0.3) is 10.2 Å². The second kappa shape index (κ2) is 7.43. The van der Waals surface area contributed by atoms with Gasteiger partial charge < -0.3 is 5.11 Å². The Balaban J connectivity index is 2.32. The summed E-state index contributed by atoms with van der Waals surface area (Å²) in [4.78, 5) is 0. The van der Waals surface area contributed by atoms with Gasteiger partial charge in [0.1, 0.15) is 0 Å². The summed E-state index contributed by atoms with van der Waals surface area (Å²) in [5.41, 5.74) is 0. The summed E-state index contributed by atoms with van der Waals surface area (Å²) in [7, 11) is -1.83. The van der Waals surface area contributed by atoms with Crippen LogP contribution in [-0.4, -0.2) is 44.6 Å². The lowest BCUT2D eigenvalue weighted by Gasteiger charge is -2.27. The maximum absolute atomic E-state index is 11.9. The van der Waals surface area contributed by atoms with E-state index in [1.54, 1.807) is 7.05 Å². The van der Waals surface area contributed by atoms with Crippen LogP contribution in [0.2, 0.25) is 0 Å². The monoisotopic (exact) mass is 278 g/mol. The SMILES string of the molecule is CC1CCC(CNS(=O)(=O)N(C)CCCO)CC1. The number of nitrogens with zero attached hydrogens (tertiary/aromatic N) is 1. The van der Waals surface area contributed by atoms with Crippen molar-refractivity contribution >= 4 is 10.2 Å². The number of rotatable bonds is 7. The maximum atomic E-state index is 11.9. The zero-order valence-corrected chi connectivity index (χ0v) is 12.2. The molecule has 0 aromatic heterocycles. The maximum Gasteiger partial charge on any atom is 0.279 e. The van der Waals surface area contributed by atoms with Crippen LogP contribution in [-0.2, 0) is 10.2 Å². The molecule has 5 nitrogen and oxygen atoms in total. The second-order valence-corrected chi connectivity index (χ2v) is 7.24. The van der Waals surface area contributed by atoms with E-state index in [0.29, 0.717) is 25.4 Å². The van der Waals surface area contributed by atoms with Crippen molar-refractivity contribution in [1.29, 1.82) is 0 Å². The predicted molar refractivity (Wildman–Crippen MR) is 72.4 cm³/mol. The van der Waals surface area contributed by atoms with Crippen LogP contribution in [0.3, 0.4) is 0 Å². The summed E-state index contributed by atoms with van der Waals surface area (Å²) < 4.78 is 27.7. The number of hydrogen-bond donors (Lipinski definition) is 2. The number of nitrogens with one attached hydrogen (secondary N) is 1. The van der Waals surface area contributed by atoms with Gasteiger partial charge in [-0.15, -0.1) is 0 Å². The molecule has 2 N–H and O–H groups in total. The van der Waals surface area contributed by atoms with Crippen LogP contribution in [0, 0.1) is 11.8 Å². The van der Waals surface area contributed by atoms with Crippen LogP contribution in [0.25, 0.3) is 0 Å². The molecule has 0 atom stereocenters. The van der Waals surface area contributed by atoms with E-state index < -0.39 is 10.2 Å². The molecule has 18 heavy (non-hydrogen) atoms. The van der Waals surface area contributed by atoms with Gasteiger partial charge in [0.2, 0.25) is 0 Å². The van der Waals surface area contributed by atoms with Crippen molar-refractivity contribution < 1.29 is 13.5 Å². The van der Waals surface area contributed by atoms with Crippen LogP contribution < -0.4 is 4.72 Å². The van der Waals surface area contributed by atoms with E-state index in [9.17, 15) is 8.42 Å². The third-order valence-electron chi connectivity index (χ3n) is 3.73. The molecule has 1 aliphatic rings. The first-order valence-corrected chi connectivity index (χ1v) is 8.21. The molecule has 0 radical (unpaired) electrons. The lowest BCUT2D eigenvalue weighted by atomic mass is 9.83. The first kappa shape index (κ1) is 15.9. The first-order chi connectivity index (χ1) is 8.45. The molecule has 1 saturated carbocycles. The van der Waals surface area contributed by atoms with E-state index in [-0.39, 0.29) is 6.61 Å². The van der Waals surface area contributed by atoms with Crippen LogP contribution in [0.1, 0.15) is 39.0 Å². The second-order valence-electron chi connectivity index (χ2n) is 5.38. The molecule has 1 fully saturated rings. The summed E-state index contributed by atoms with van der Waals surface area (Å²) >= 11 is 0. The number of aliphatic hydroxyl groups is 1. The quantitative estimate of drug-likeness (QED) is 0.729. The van der Waals surface area contributed by atoms with E-state index >= 15 is 0 Å². The van der Waals surface area contributed by atoms with Crippen molar-refractivity contribution in [2.75, 3.05) is 26.7 Å². The highest BCUT2D eigenvalue weighted by Gasteiger charge is 2.22. The van der Waals surface area contributed by atoms with Gasteiger partial charge >= 0.3 is 0 Å². The van der Waals surface area contributed by atoms with Gasteiger partial charge in [0.05, 0.1) is 0 Å². The van der Waals surface area contributed by atoms with Crippen molar-refractivity contribution in [2.45, 2.75) is 39.0 Å². The van der Waals surface area contributed by atoms with Gasteiger partial charge in [0, 0.05) is 26.7 Å². The fourth-order valence-electron chi connectivity index (χ4n) is 2.28. The largest absolute Gasteiger partial charge is 0.396 e. The highest BCUT2D eigenvalue weighted by molar-refractivity contribution is 7.87. The summed E-state index contributed by atoms with van der Waals surface area (Å²) in [5, 5.41) is 8.70. The van der Waals surface area contributed by atoms with Gasteiger partial charge in [-0.3, -0.25) is 0 Å². The molecule has 0 heterocycles. The highest BCUT2D eigenvalue weighted by atomic mass is 32.2. The van der Waals surface area contributed by atoms with Crippen molar-refractivity contribution in [3.8, 4) is 0 Å². The topological polar surface area (TPSA) is 69.6 Å². The minimum Gasteiger partial charge on any atom is -0.396 e. The van der Waals surface area contributed by atoms with E-state index in [1.165, 1.54) is 17.1 Å². The third-order valence-corrected chi connectivity index (χ3v) is 5.27. The summed E-state index contributed by atoms with van der Waals surface area (Å²) in [6.45, 7) is 3.16. The molecule has 0 aromatic carbocycles. The Labute approximate surface area is 111 Å². The van der Waals surface area contributed by atoms with Crippen LogP contribution in [0.15, 0.2) is 0 Å². The molecule has 108 valence electrons. The fourth-order valence-corrected chi connectivity index (χ4v) is 3.32. The lowest BCUT2D eigenvalue weighted by Crippen LogP contribution is -2.41. The van der Waals surface area contributed by atoms with Crippen LogP contribution in [0.4, 0.5) is 0 Å². The smallest absolute Gasteiger partial charge is 0.279 e. The molecule has 0 spiro atoms. The van der Waals surface area contributed by atoms with Crippen molar-refractivity contribution in [1.82, 2.24) is 9.03 Å². The molecule has 1 aliphatic carbocycles. The minimum atomic E-state index is -3.37. The molecule has 1 rings (SSSR count). The minimum absolute atomic E-state index is 0.0143. The van der Waals surface area contributed by atoms with Crippen molar-refractivity contribution in [3.05, 3.63) is 0 Å². The van der Waals surface area contributed by atoms with E-state index in [4.69, 9.17) is 5.11 Å². The average molecular weight is 278 g/mol. The predicted octanol–water partition coefficient (Wildman–Crippen LogP) is 0.961. The molecule has 0 bridgehead atoms. The normalized spacial score (nSPS) is 25.6. The van der Waals surface area contributed by atoms with Crippen molar-refractivity contribution in [3.63, 3.8) is 0 Å². The summed E-state index contributed by atoms with van der Waals surface area (Å²) in [5.74, 6) is 1.26. The Morgan fingerprint density at radius 1 is 1.28 bits per heavy atom. The Morgan fingerprint density at radius 3 is 2.44 bits per heavy atom. The van der Waals surface area contributed by atoms with Crippen molar-refractivity contribution in [2.24, 2.45) is 11.8 Å². The van der Waals surface area contributed by atoms with E-state index in [2.05, 4.69) is 11.6 Å². The highest BCUT2D eigenvalue weighted by Crippen LogP contribution is 2.27. The molecular weight excluding hydrogens is 252 g/mol.